The molecule has 0 saturated carbocycles. The number of hydrogen-bond acceptors (Lipinski definition) is 3. The summed E-state index contributed by atoms with van der Waals surface area (Å²) in [5, 5.41) is 2.86. The number of nitrogens with zero attached hydrogens (tertiary/aromatic N) is 1. The average Bonchev–Trinajstić information content (AvgIpc) is 2.24. The summed E-state index contributed by atoms with van der Waals surface area (Å²) in [7, 11) is 0. The second-order valence-corrected chi connectivity index (χ2v) is 3.62. The van der Waals surface area contributed by atoms with Crippen LogP contribution in [0.5, 0.6) is 0 Å². The van der Waals surface area contributed by atoms with Crippen LogP contribution in [0.1, 0.15) is 33.1 Å². The van der Waals surface area contributed by atoms with Crippen LogP contribution in [0.3, 0.4) is 0 Å². The van der Waals surface area contributed by atoms with Crippen LogP contribution in [0.4, 0.5) is 0 Å². The van der Waals surface area contributed by atoms with Crippen molar-refractivity contribution >= 4 is 30.7 Å². The van der Waals surface area contributed by atoms with Gasteiger partial charge in [-0.25, -0.2) is 0 Å². The SMILES string of the molecule is CCN(CC)CCCCNC(=O)CCN.Cl.Cl. The molecule has 0 aromatic heterocycles. The van der Waals surface area contributed by atoms with E-state index in [2.05, 4.69) is 24.1 Å². The predicted octanol–water partition coefficient (Wildman–Crippen LogP) is 1.42. The summed E-state index contributed by atoms with van der Waals surface area (Å²) in [4.78, 5) is 13.4. The maximum Gasteiger partial charge on any atom is 0.221 e. The molecule has 6 heteroatoms. The van der Waals surface area contributed by atoms with Crippen molar-refractivity contribution in [2.45, 2.75) is 33.1 Å². The van der Waals surface area contributed by atoms with E-state index in [1.165, 1.54) is 0 Å². The molecule has 0 rings (SSSR count). The lowest BCUT2D eigenvalue weighted by molar-refractivity contribution is -0.120. The molecule has 1 amide bonds. The molecule has 0 aromatic carbocycles. The molecular formula is C11H27Cl2N3O. The minimum Gasteiger partial charge on any atom is -0.356 e. The van der Waals surface area contributed by atoms with E-state index < -0.39 is 0 Å². The van der Waals surface area contributed by atoms with Crippen LogP contribution in [-0.4, -0.2) is 43.5 Å². The van der Waals surface area contributed by atoms with Gasteiger partial charge in [-0.15, -0.1) is 24.8 Å². The van der Waals surface area contributed by atoms with Gasteiger partial charge in [0.1, 0.15) is 0 Å². The highest BCUT2D eigenvalue weighted by atomic mass is 35.5. The lowest BCUT2D eigenvalue weighted by Crippen LogP contribution is -2.28. The van der Waals surface area contributed by atoms with Gasteiger partial charge in [0.2, 0.25) is 5.91 Å². The Balaban J connectivity index is -0.000000980. The summed E-state index contributed by atoms with van der Waals surface area (Å²) in [6, 6.07) is 0. The van der Waals surface area contributed by atoms with Gasteiger partial charge < -0.3 is 16.0 Å². The molecule has 0 spiro atoms. The van der Waals surface area contributed by atoms with Gasteiger partial charge in [0.25, 0.3) is 0 Å². The van der Waals surface area contributed by atoms with Gasteiger partial charge in [0, 0.05) is 19.5 Å². The average molecular weight is 288 g/mol. The largest absolute Gasteiger partial charge is 0.356 e. The van der Waals surface area contributed by atoms with Gasteiger partial charge in [-0.05, 0) is 32.5 Å². The molecule has 0 heterocycles. The van der Waals surface area contributed by atoms with Gasteiger partial charge in [0.15, 0.2) is 0 Å². The smallest absolute Gasteiger partial charge is 0.221 e. The molecule has 0 aliphatic heterocycles. The van der Waals surface area contributed by atoms with Crippen LogP contribution in [0.2, 0.25) is 0 Å². The van der Waals surface area contributed by atoms with Gasteiger partial charge in [-0.3, -0.25) is 4.79 Å². The molecule has 0 aliphatic carbocycles. The highest BCUT2D eigenvalue weighted by Gasteiger charge is 2.00. The van der Waals surface area contributed by atoms with Crippen molar-refractivity contribution in [3.8, 4) is 0 Å². The fourth-order valence-electron chi connectivity index (χ4n) is 1.45. The van der Waals surface area contributed by atoms with E-state index in [9.17, 15) is 4.79 Å². The van der Waals surface area contributed by atoms with Gasteiger partial charge in [-0.1, -0.05) is 13.8 Å². The number of carbonyl (C=O) groups is 1. The second-order valence-electron chi connectivity index (χ2n) is 3.62. The molecule has 106 valence electrons. The molecule has 0 aromatic rings. The van der Waals surface area contributed by atoms with Crippen LogP contribution in [0.15, 0.2) is 0 Å². The molecule has 0 radical (unpaired) electrons. The third-order valence-corrected chi connectivity index (χ3v) is 2.49. The van der Waals surface area contributed by atoms with E-state index in [4.69, 9.17) is 5.73 Å². The molecule has 0 fully saturated rings. The number of carbonyl (C=O) groups excluding carboxylic acids is 1. The van der Waals surface area contributed by atoms with E-state index in [0.29, 0.717) is 13.0 Å². The fraction of sp³-hybridized carbons (Fsp3) is 0.909. The first-order chi connectivity index (χ1) is 7.24. The zero-order chi connectivity index (χ0) is 11.5. The Morgan fingerprint density at radius 2 is 1.76 bits per heavy atom. The van der Waals surface area contributed by atoms with Crippen molar-refractivity contribution in [3.05, 3.63) is 0 Å². The Kier molecular flexibility index (Phi) is 20.8. The fourth-order valence-corrected chi connectivity index (χ4v) is 1.45. The molecule has 3 N–H and O–H groups in total. The van der Waals surface area contributed by atoms with Gasteiger partial charge in [-0.2, -0.15) is 0 Å². The summed E-state index contributed by atoms with van der Waals surface area (Å²) < 4.78 is 0. The number of hydrogen-bond donors (Lipinski definition) is 2. The Bertz CT molecular complexity index is 167. The molecule has 0 unspecified atom stereocenters. The number of halogens is 2. The number of rotatable bonds is 9. The van der Waals surface area contributed by atoms with Crippen molar-refractivity contribution < 1.29 is 4.79 Å². The van der Waals surface area contributed by atoms with Crippen LogP contribution in [0, 0.1) is 0 Å². The Morgan fingerprint density at radius 3 is 2.24 bits per heavy atom. The van der Waals surface area contributed by atoms with Gasteiger partial charge in [0.05, 0.1) is 0 Å². The van der Waals surface area contributed by atoms with Crippen LogP contribution >= 0.6 is 24.8 Å². The number of nitrogens with two attached hydrogens (primary N) is 1. The Labute approximate surface area is 118 Å². The number of nitrogens with one attached hydrogen (secondary N) is 1. The van der Waals surface area contributed by atoms with E-state index in [0.717, 1.165) is 39.0 Å². The first-order valence-electron chi connectivity index (χ1n) is 5.93. The van der Waals surface area contributed by atoms with Crippen molar-refractivity contribution in [2.75, 3.05) is 32.7 Å². The topological polar surface area (TPSA) is 58.4 Å². The molecule has 17 heavy (non-hydrogen) atoms. The minimum absolute atomic E-state index is 0. The first kappa shape index (κ1) is 22.2. The van der Waals surface area contributed by atoms with Crippen molar-refractivity contribution in [3.63, 3.8) is 0 Å². The van der Waals surface area contributed by atoms with E-state index in [1.54, 1.807) is 0 Å². The third kappa shape index (κ3) is 13.9. The normalized spacial score (nSPS) is 9.41. The summed E-state index contributed by atoms with van der Waals surface area (Å²) in [6.45, 7) is 8.90. The minimum atomic E-state index is 0. The summed E-state index contributed by atoms with van der Waals surface area (Å²) in [5.41, 5.74) is 5.27. The Hall–Kier alpha value is -0.0300. The van der Waals surface area contributed by atoms with Crippen molar-refractivity contribution in [1.82, 2.24) is 10.2 Å². The standard InChI is InChI=1S/C11H25N3O.2ClH/c1-3-14(4-2)10-6-5-9-13-11(15)7-8-12;;/h3-10,12H2,1-2H3,(H,13,15);2*1H. The first-order valence-corrected chi connectivity index (χ1v) is 5.93. The lowest BCUT2D eigenvalue weighted by atomic mass is 10.3. The summed E-state index contributed by atoms with van der Waals surface area (Å²) in [5.74, 6) is 0.0698. The monoisotopic (exact) mass is 287 g/mol. The number of unbranched alkanes of at least 4 members (excludes halogenated alkanes) is 1. The molecule has 0 bridgehead atoms. The predicted molar refractivity (Wildman–Crippen MR) is 78.2 cm³/mol. The van der Waals surface area contributed by atoms with Crippen LogP contribution < -0.4 is 11.1 Å². The van der Waals surface area contributed by atoms with Crippen molar-refractivity contribution in [1.29, 1.82) is 0 Å². The zero-order valence-corrected chi connectivity index (χ0v) is 12.5. The summed E-state index contributed by atoms with van der Waals surface area (Å²) in [6.07, 6.45) is 2.63. The van der Waals surface area contributed by atoms with Crippen LogP contribution in [-0.2, 0) is 4.79 Å². The van der Waals surface area contributed by atoms with E-state index in [1.807, 2.05) is 0 Å². The maximum absolute atomic E-state index is 11.1. The maximum atomic E-state index is 11.1. The third-order valence-electron chi connectivity index (χ3n) is 2.49. The highest BCUT2D eigenvalue weighted by Crippen LogP contribution is 1.93. The molecule has 0 saturated heterocycles. The van der Waals surface area contributed by atoms with Crippen LogP contribution in [0.25, 0.3) is 0 Å². The number of amides is 1. The Morgan fingerprint density at radius 1 is 1.18 bits per heavy atom. The van der Waals surface area contributed by atoms with E-state index in [-0.39, 0.29) is 30.7 Å². The zero-order valence-electron chi connectivity index (χ0n) is 10.9. The van der Waals surface area contributed by atoms with Crippen molar-refractivity contribution in [2.24, 2.45) is 5.73 Å². The second kappa shape index (κ2) is 16.0. The summed E-state index contributed by atoms with van der Waals surface area (Å²) >= 11 is 0. The molecule has 0 aliphatic rings. The molecule has 0 atom stereocenters. The molecular weight excluding hydrogens is 261 g/mol. The highest BCUT2D eigenvalue weighted by molar-refractivity contribution is 5.85. The molecule has 4 nitrogen and oxygen atoms in total. The van der Waals surface area contributed by atoms with Gasteiger partial charge >= 0.3 is 0 Å². The van der Waals surface area contributed by atoms with E-state index >= 15 is 0 Å². The quantitative estimate of drug-likeness (QED) is 0.631. The lowest BCUT2D eigenvalue weighted by Gasteiger charge is -2.17.